The highest BCUT2D eigenvalue weighted by Crippen LogP contribution is 2.23. The molecule has 19 heavy (non-hydrogen) atoms. The van der Waals surface area contributed by atoms with Crippen LogP contribution in [0.2, 0.25) is 0 Å². The summed E-state index contributed by atoms with van der Waals surface area (Å²) in [6.07, 6.45) is 1.67. The summed E-state index contributed by atoms with van der Waals surface area (Å²) in [5, 5.41) is 9.88. The number of aliphatic hydroxyl groups is 1. The molecule has 6 heteroatoms. The number of aromatic amines is 3. The van der Waals surface area contributed by atoms with Gasteiger partial charge in [0, 0.05) is 5.56 Å². The number of hydrogen-bond acceptors (Lipinski definition) is 3. The van der Waals surface area contributed by atoms with E-state index in [4.69, 9.17) is 0 Å². The Hall–Kier alpha value is -2.34. The number of benzene rings is 1. The lowest BCUT2D eigenvalue weighted by Crippen LogP contribution is -2.17. The summed E-state index contributed by atoms with van der Waals surface area (Å²) in [4.78, 5) is 23.8. The van der Waals surface area contributed by atoms with Crippen molar-refractivity contribution in [1.29, 1.82) is 0 Å². The molecule has 0 bridgehead atoms. The molecule has 0 fully saturated rings. The van der Waals surface area contributed by atoms with Gasteiger partial charge in [0.15, 0.2) is 0 Å². The van der Waals surface area contributed by atoms with Gasteiger partial charge in [-0.15, -0.1) is 0 Å². The van der Waals surface area contributed by atoms with Gasteiger partial charge < -0.3 is 20.1 Å². The van der Waals surface area contributed by atoms with E-state index in [9.17, 15) is 9.90 Å². The Kier molecular flexibility index (Phi) is 2.36. The highest BCUT2D eigenvalue weighted by molar-refractivity contribution is 5.80. The first-order valence-electron chi connectivity index (χ1n) is 5.94. The molecule has 0 saturated carbocycles. The minimum atomic E-state index is -1.01. The zero-order valence-electron chi connectivity index (χ0n) is 10.6. The van der Waals surface area contributed by atoms with E-state index < -0.39 is 5.60 Å². The fourth-order valence-electron chi connectivity index (χ4n) is 1.98. The first-order valence-corrected chi connectivity index (χ1v) is 5.94. The molecule has 0 atom stereocenters. The minimum Gasteiger partial charge on any atom is -0.383 e. The maximum Gasteiger partial charge on any atom is 0.323 e. The predicted molar refractivity (Wildman–Crippen MR) is 71.7 cm³/mol. The van der Waals surface area contributed by atoms with Crippen LogP contribution < -0.4 is 5.69 Å². The van der Waals surface area contributed by atoms with Crippen LogP contribution in [-0.4, -0.2) is 25.0 Å². The topological polar surface area (TPSA) is 97.6 Å². The molecule has 2 heterocycles. The average Bonchev–Trinajstić information content (AvgIpc) is 2.90. The SMILES string of the molecule is CC(C)(O)c1ncc(-c2ccc3[nH]c(=O)[nH]c3c2)[nH]1. The van der Waals surface area contributed by atoms with E-state index in [-0.39, 0.29) is 5.69 Å². The van der Waals surface area contributed by atoms with E-state index in [0.29, 0.717) is 5.82 Å². The Bertz CT molecular complexity index is 789. The first kappa shape index (κ1) is 11.7. The third-order valence-corrected chi connectivity index (χ3v) is 2.98. The predicted octanol–water partition coefficient (Wildman–Crippen LogP) is 1.47. The second-order valence-corrected chi connectivity index (χ2v) is 5.04. The van der Waals surface area contributed by atoms with Crippen LogP contribution in [0, 0.1) is 0 Å². The lowest BCUT2D eigenvalue weighted by Gasteiger charge is -2.12. The number of fused-ring (bicyclic) bond motifs is 1. The molecule has 3 aromatic rings. The van der Waals surface area contributed by atoms with Gasteiger partial charge in [-0.25, -0.2) is 9.78 Å². The van der Waals surface area contributed by atoms with Crippen LogP contribution in [0.15, 0.2) is 29.2 Å². The monoisotopic (exact) mass is 258 g/mol. The van der Waals surface area contributed by atoms with Crippen LogP contribution in [0.3, 0.4) is 0 Å². The van der Waals surface area contributed by atoms with E-state index in [1.54, 1.807) is 20.0 Å². The van der Waals surface area contributed by atoms with Crippen molar-refractivity contribution >= 4 is 11.0 Å². The van der Waals surface area contributed by atoms with E-state index >= 15 is 0 Å². The molecule has 0 unspecified atom stereocenters. The number of rotatable bonds is 2. The van der Waals surface area contributed by atoms with Crippen LogP contribution in [0.4, 0.5) is 0 Å². The number of aromatic nitrogens is 4. The zero-order chi connectivity index (χ0) is 13.6. The van der Waals surface area contributed by atoms with Crippen molar-refractivity contribution in [2.45, 2.75) is 19.4 Å². The Labute approximate surface area is 108 Å². The number of H-pyrrole nitrogens is 3. The van der Waals surface area contributed by atoms with Gasteiger partial charge in [-0.3, -0.25) is 0 Å². The molecular formula is C13H14N4O2. The lowest BCUT2D eigenvalue weighted by atomic mass is 10.1. The molecule has 2 aromatic heterocycles. The van der Waals surface area contributed by atoms with E-state index in [1.165, 1.54) is 0 Å². The van der Waals surface area contributed by atoms with E-state index in [0.717, 1.165) is 22.3 Å². The highest BCUT2D eigenvalue weighted by atomic mass is 16.3. The quantitative estimate of drug-likeness (QED) is 0.560. The molecule has 0 spiro atoms. The van der Waals surface area contributed by atoms with Crippen LogP contribution in [0.25, 0.3) is 22.3 Å². The second-order valence-electron chi connectivity index (χ2n) is 5.04. The average molecular weight is 258 g/mol. The van der Waals surface area contributed by atoms with Crippen molar-refractivity contribution in [1.82, 2.24) is 19.9 Å². The Morgan fingerprint density at radius 1 is 1.16 bits per heavy atom. The minimum absolute atomic E-state index is 0.228. The summed E-state index contributed by atoms with van der Waals surface area (Å²) in [6.45, 7) is 3.34. The zero-order valence-corrected chi connectivity index (χ0v) is 10.6. The van der Waals surface area contributed by atoms with Gasteiger partial charge in [0.05, 0.1) is 22.9 Å². The largest absolute Gasteiger partial charge is 0.383 e. The molecule has 0 saturated heterocycles. The summed E-state index contributed by atoms with van der Waals surface area (Å²) in [7, 11) is 0. The maximum atomic E-state index is 11.2. The van der Waals surface area contributed by atoms with Gasteiger partial charge in [-0.2, -0.15) is 0 Å². The Balaban J connectivity index is 2.08. The van der Waals surface area contributed by atoms with Crippen molar-refractivity contribution in [3.05, 3.63) is 40.7 Å². The van der Waals surface area contributed by atoms with Gasteiger partial charge in [-0.1, -0.05) is 6.07 Å². The van der Waals surface area contributed by atoms with Gasteiger partial charge in [0.25, 0.3) is 0 Å². The summed E-state index contributed by atoms with van der Waals surface area (Å²) in [6, 6.07) is 5.57. The van der Waals surface area contributed by atoms with Crippen LogP contribution >= 0.6 is 0 Å². The molecule has 0 aliphatic carbocycles. The van der Waals surface area contributed by atoms with E-state index in [1.807, 2.05) is 18.2 Å². The second kappa shape index (κ2) is 3.83. The van der Waals surface area contributed by atoms with Gasteiger partial charge in [0.1, 0.15) is 11.4 Å². The summed E-state index contributed by atoms with van der Waals surface area (Å²) in [5.74, 6) is 0.505. The molecule has 4 N–H and O–H groups in total. The molecule has 0 radical (unpaired) electrons. The van der Waals surface area contributed by atoms with Gasteiger partial charge >= 0.3 is 5.69 Å². The van der Waals surface area contributed by atoms with Gasteiger partial charge in [-0.05, 0) is 26.0 Å². The normalized spacial score (nSPS) is 12.2. The third-order valence-electron chi connectivity index (χ3n) is 2.98. The molecule has 0 aliphatic rings. The van der Waals surface area contributed by atoms with Gasteiger partial charge in [0.2, 0.25) is 0 Å². The van der Waals surface area contributed by atoms with E-state index in [2.05, 4.69) is 19.9 Å². The van der Waals surface area contributed by atoms with Crippen molar-refractivity contribution in [3.8, 4) is 11.3 Å². The van der Waals surface area contributed by atoms with Crippen LogP contribution in [0.5, 0.6) is 0 Å². The molecule has 3 rings (SSSR count). The number of nitrogens with zero attached hydrogens (tertiary/aromatic N) is 1. The van der Waals surface area contributed by atoms with Crippen molar-refractivity contribution in [2.24, 2.45) is 0 Å². The standard InChI is InChI=1S/C13H14N4O2/c1-13(2,19)11-14-6-10(15-11)7-3-4-8-9(5-7)17-12(18)16-8/h3-6,19H,1-2H3,(H,14,15)(H2,16,17,18). The fraction of sp³-hybridized carbons (Fsp3) is 0.231. The Morgan fingerprint density at radius 2 is 1.89 bits per heavy atom. The molecular weight excluding hydrogens is 244 g/mol. The van der Waals surface area contributed by atoms with Crippen molar-refractivity contribution in [2.75, 3.05) is 0 Å². The molecule has 0 aliphatic heterocycles. The molecule has 1 aromatic carbocycles. The fourth-order valence-corrected chi connectivity index (χ4v) is 1.98. The smallest absolute Gasteiger partial charge is 0.323 e. The number of imidazole rings is 2. The number of hydrogen-bond donors (Lipinski definition) is 4. The van der Waals surface area contributed by atoms with Crippen LogP contribution in [-0.2, 0) is 5.60 Å². The number of nitrogens with one attached hydrogen (secondary N) is 3. The maximum absolute atomic E-state index is 11.2. The van der Waals surface area contributed by atoms with Crippen molar-refractivity contribution in [3.63, 3.8) is 0 Å². The highest BCUT2D eigenvalue weighted by Gasteiger charge is 2.20. The Morgan fingerprint density at radius 3 is 2.58 bits per heavy atom. The van der Waals surface area contributed by atoms with Crippen LogP contribution in [0.1, 0.15) is 19.7 Å². The molecule has 6 nitrogen and oxygen atoms in total. The summed E-state index contributed by atoms with van der Waals surface area (Å²) >= 11 is 0. The molecule has 0 amide bonds. The summed E-state index contributed by atoms with van der Waals surface area (Å²) in [5.41, 5.74) is 1.95. The third kappa shape index (κ3) is 2.06. The first-order chi connectivity index (χ1) is 8.93. The lowest BCUT2D eigenvalue weighted by molar-refractivity contribution is 0.0697. The molecule has 98 valence electrons. The summed E-state index contributed by atoms with van der Waals surface area (Å²) < 4.78 is 0. The van der Waals surface area contributed by atoms with Crippen molar-refractivity contribution < 1.29 is 5.11 Å².